The average Bonchev–Trinajstić information content (AvgIpc) is 3.58. The highest BCUT2D eigenvalue weighted by Gasteiger charge is 2.48. The Labute approximate surface area is 190 Å². The number of aromatic nitrogens is 2. The third kappa shape index (κ3) is 3.17. The molecule has 32 heavy (non-hydrogen) atoms. The molecule has 2 aromatic carbocycles. The van der Waals surface area contributed by atoms with Crippen LogP contribution in [0.3, 0.4) is 0 Å². The lowest BCUT2D eigenvalue weighted by molar-refractivity contribution is -0.186. The molecule has 0 bridgehead atoms. The molecule has 0 aliphatic carbocycles. The molecule has 2 aliphatic rings. The van der Waals surface area contributed by atoms with Crippen LogP contribution in [0.25, 0.3) is 11.0 Å². The molecule has 1 unspecified atom stereocenters. The summed E-state index contributed by atoms with van der Waals surface area (Å²) in [4.78, 5) is 14.0. The van der Waals surface area contributed by atoms with Crippen molar-refractivity contribution in [2.75, 3.05) is 6.79 Å². The van der Waals surface area contributed by atoms with E-state index in [9.17, 15) is 9.90 Å². The van der Waals surface area contributed by atoms with Crippen molar-refractivity contribution in [1.29, 1.82) is 0 Å². The number of ether oxygens (including phenoxy) is 3. The monoisotopic (exact) mass is 464 g/mol. The van der Waals surface area contributed by atoms with E-state index in [4.69, 9.17) is 14.2 Å². The van der Waals surface area contributed by atoms with Gasteiger partial charge in [0, 0.05) is 34.4 Å². The zero-order valence-electron chi connectivity index (χ0n) is 16.6. The Hall–Kier alpha value is -3.27. The van der Waals surface area contributed by atoms with Crippen LogP contribution in [0.2, 0.25) is 0 Å². The molecule has 1 N–H and O–H groups in total. The maximum absolute atomic E-state index is 13.0. The van der Waals surface area contributed by atoms with Gasteiger partial charge in [-0.05, 0) is 47.3 Å². The van der Waals surface area contributed by atoms with Gasteiger partial charge in [0.25, 0.3) is 5.79 Å². The molecule has 160 valence electrons. The number of hydrogen-bond acceptors (Lipinski definition) is 9. The minimum atomic E-state index is -1.90. The highest BCUT2D eigenvalue weighted by molar-refractivity contribution is 7.09. The summed E-state index contributed by atoms with van der Waals surface area (Å²) in [5.74, 6) is -1.33. The normalized spacial score (nSPS) is 19.7. The van der Waals surface area contributed by atoms with E-state index in [1.807, 2.05) is 35.7 Å². The zero-order valence-corrected chi connectivity index (χ0v) is 18.2. The van der Waals surface area contributed by atoms with Crippen LogP contribution in [0, 0.1) is 0 Å². The number of cyclic esters (lactones) is 1. The van der Waals surface area contributed by atoms with Crippen molar-refractivity contribution in [3.63, 3.8) is 0 Å². The fourth-order valence-electron chi connectivity index (χ4n) is 4.06. The molecule has 0 radical (unpaired) electrons. The molecule has 4 aromatic rings. The summed E-state index contributed by atoms with van der Waals surface area (Å²) >= 11 is 2.71. The third-order valence-corrected chi connectivity index (χ3v) is 7.09. The van der Waals surface area contributed by atoms with E-state index in [2.05, 4.69) is 8.75 Å². The van der Waals surface area contributed by atoms with Crippen LogP contribution in [0.1, 0.15) is 16.0 Å². The lowest BCUT2D eigenvalue weighted by Crippen LogP contribution is -2.29. The number of fused-ring (bicyclic) bond motifs is 2. The Kier molecular flexibility index (Phi) is 4.49. The van der Waals surface area contributed by atoms with E-state index in [-0.39, 0.29) is 6.79 Å². The van der Waals surface area contributed by atoms with Gasteiger partial charge >= 0.3 is 5.97 Å². The van der Waals surface area contributed by atoms with Crippen molar-refractivity contribution in [2.24, 2.45) is 0 Å². The fraction of sp³-hybridized carbons (Fsp3) is 0.174. The lowest BCUT2D eigenvalue weighted by atomic mass is 9.89. The summed E-state index contributed by atoms with van der Waals surface area (Å²) in [6.45, 7) is 0.116. The van der Waals surface area contributed by atoms with Gasteiger partial charge in [0.2, 0.25) is 6.79 Å². The average molecular weight is 465 g/mol. The van der Waals surface area contributed by atoms with Gasteiger partial charge in [0.1, 0.15) is 11.0 Å². The molecule has 0 fully saturated rings. The maximum Gasteiger partial charge on any atom is 0.337 e. The number of rotatable bonds is 5. The first-order valence-corrected chi connectivity index (χ1v) is 11.5. The molecule has 2 aliphatic heterocycles. The van der Waals surface area contributed by atoms with E-state index >= 15 is 0 Å². The predicted molar refractivity (Wildman–Crippen MR) is 119 cm³/mol. The van der Waals surface area contributed by atoms with Crippen LogP contribution in [-0.2, 0) is 28.2 Å². The lowest BCUT2D eigenvalue weighted by Gasteiger charge is -2.26. The molecule has 2 aromatic heterocycles. The van der Waals surface area contributed by atoms with Crippen LogP contribution in [-0.4, -0.2) is 26.6 Å². The Morgan fingerprint density at radius 1 is 1.00 bits per heavy atom. The minimum absolute atomic E-state index is 0.116. The van der Waals surface area contributed by atoms with Gasteiger partial charge in [-0.2, -0.15) is 8.75 Å². The largest absolute Gasteiger partial charge is 0.454 e. The molecule has 0 saturated carbocycles. The minimum Gasteiger partial charge on any atom is -0.454 e. The maximum atomic E-state index is 13.0. The third-order valence-electron chi connectivity index (χ3n) is 5.65. The van der Waals surface area contributed by atoms with Gasteiger partial charge in [0.05, 0.1) is 11.7 Å². The van der Waals surface area contributed by atoms with Crippen LogP contribution in [0.5, 0.6) is 11.5 Å². The quantitative estimate of drug-likeness (QED) is 0.447. The highest BCUT2D eigenvalue weighted by Crippen LogP contribution is 2.45. The second-order valence-electron chi connectivity index (χ2n) is 7.58. The molecule has 0 amide bonds. The van der Waals surface area contributed by atoms with E-state index in [0.717, 1.165) is 33.2 Å². The van der Waals surface area contributed by atoms with E-state index in [1.54, 1.807) is 29.5 Å². The summed E-state index contributed by atoms with van der Waals surface area (Å²) in [5.41, 5.74) is 3.89. The summed E-state index contributed by atoms with van der Waals surface area (Å²) in [6.07, 6.45) is 0.712. The van der Waals surface area contributed by atoms with Crippen molar-refractivity contribution in [2.45, 2.75) is 18.6 Å². The Morgan fingerprint density at radius 3 is 2.75 bits per heavy atom. The van der Waals surface area contributed by atoms with Crippen LogP contribution in [0.15, 0.2) is 65.1 Å². The Morgan fingerprint density at radius 2 is 1.88 bits per heavy atom. The van der Waals surface area contributed by atoms with Gasteiger partial charge in [-0.3, -0.25) is 0 Å². The van der Waals surface area contributed by atoms with Crippen molar-refractivity contribution < 1.29 is 24.1 Å². The number of benzene rings is 2. The molecular formula is C23H16N2O5S2. The number of hydrogen-bond donors (Lipinski definition) is 1. The topological polar surface area (TPSA) is 90.8 Å². The Bertz CT molecular complexity index is 1380. The molecule has 4 heterocycles. The summed E-state index contributed by atoms with van der Waals surface area (Å²) in [7, 11) is 0. The predicted octanol–water partition coefficient (Wildman–Crippen LogP) is 3.97. The number of thiophene rings is 1. The molecule has 6 rings (SSSR count). The molecule has 1 atom stereocenters. The number of nitrogens with zero attached hydrogens (tertiary/aromatic N) is 2. The number of esters is 1. The molecule has 0 saturated heterocycles. The van der Waals surface area contributed by atoms with E-state index < -0.39 is 11.8 Å². The Balaban J connectivity index is 1.46. The molecule has 7 nitrogen and oxygen atoms in total. The number of aliphatic hydroxyl groups is 1. The van der Waals surface area contributed by atoms with Gasteiger partial charge in [-0.1, -0.05) is 12.1 Å². The zero-order chi connectivity index (χ0) is 21.7. The second-order valence-corrected chi connectivity index (χ2v) is 9.14. The van der Waals surface area contributed by atoms with Crippen molar-refractivity contribution in [1.82, 2.24) is 8.75 Å². The van der Waals surface area contributed by atoms with Crippen LogP contribution < -0.4 is 9.47 Å². The second kappa shape index (κ2) is 7.40. The van der Waals surface area contributed by atoms with Gasteiger partial charge in [-0.25, -0.2) is 4.79 Å². The first kappa shape index (κ1) is 19.4. The fourth-order valence-corrected chi connectivity index (χ4v) is 5.29. The van der Waals surface area contributed by atoms with Crippen LogP contribution >= 0.6 is 23.1 Å². The van der Waals surface area contributed by atoms with Crippen LogP contribution in [0.4, 0.5) is 0 Å². The molecule has 9 heteroatoms. The first-order valence-electron chi connectivity index (χ1n) is 9.92. The molecular weight excluding hydrogens is 448 g/mol. The van der Waals surface area contributed by atoms with Gasteiger partial charge in [0.15, 0.2) is 11.5 Å². The molecule has 0 spiro atoms. The summed E-state index contributed by atoms with van der Waals surface area (Å²) in [5, 5.41) is 13.7. The van der Waals surface area contributed by atoms with E-state index in [0.29, 0.717) is 41.1 Å². The van der Waals surface area contributed by atoms with Gasteiger partial charge in [-0.15, -0.1) is 11.3 Å². The number of carbonyl (C=O) groups excluding carboxylic acids is 1. The van der Waals surface area contributed by atoms with E-state index in [1.165, 1.54) is 0 Å². The summed E-state index contributed by atoms with van der Waals surface area (Å²) in [6, 6.07) is 14.7. The smallest absolute Gasteiger partial charge is 0.337 e. The first-order chi connectivity index (χ1) is 15.6. The SMILES string of the molecule is O=C1OC(O)(c2ccc3c(c2)OCO3)C(Cc2ccc3nsnc3c2)=C1Cc1cccs1. The van der Waals surface area contributed by atoms with Gasteiger partial charge < -0.3 is 19.3 Å². The van der Waals surface area contributed by atoms with Crippen molar-refractivity contribution >= 4 is 40.1 Å². The number of carbonyl (C=O) groups is 1. The van der Waals surface area contributed by atoms with Crippen molar-refractivity contribution in [3.8, 4) is 11.5 Å². The highest BCUT2D eigenvalue weighted by atomic mass is 32.1. The van der Waals surface area contributed by atoms with Crippen molar-refractivity contribution in [3.05, 3.63) is 81.1 Å². The standard InChI is InChI=1S/C23H16N2O5S2/c26-22-16(11-15-2-1-7-31-15)17(8-13-3-5-18-19(9-13)25-32-24-18)23(27,30-22)14-4-6-20-21(10-14)29-12-28-20/h1-7,9-10,27H,8,11-12H2. The summed E-state index contributed by atoms with van der Waals surface area (Å²) < 4.78 is 25.0.